The van der Waals surface area contributed by atoms with Crippen molar-refractivity contribution in [2.45, 2.75) is 12.8 Å². The molecule has 3 nitrogen and oxygen atoms in total. The van der Waals surface area contributed by atoms with E-state index in [2.05, 4.69) is 11.9 Å². The molecule has 0 aliphatic rings. The monoisotopic (exact) mass is 164 g/mol. The van der Waals surface area contributed by atoms with Gasteiger partial charge in [-0.3, -0.25) is 0 Å². The van der Waals surface area contributed by atoms with Crippen LogP contribution >= 0.6 is 0 Å². The van der Waals surface area contributed by atoms with Crippen LogP contribution in [0.2, 0.25) is 0 Å². The Bertz CT molecular complexity index is 346. The molecule has 64 valence electrons. The van der Waals surface area contributed by atoms with Gasteiger partial charge in [-0.15, -0.1) is 0 Å². The number of nitrogens with two attached hydrogens (primary N) is 1. The van der Waals surface area contributed by atoms with Crippen molar-refractivity contribution in [1.82, 2.24) is 4.98 Å². The molecular formula is C9H12N2O. The van der Waals surface area contributed by atoms with Gasteiger partial charge in [0.1, 0.15) is 5.76 Å². The predicted octanol–water partition coefficient (Wildman–Crippen LogP) is 1.82. The molecule has 0 aliphatic heterocycles. The lowest BCUT2D eigenvalue weighted by Gasteiger charge is -2.01. The fourth-order valence-electron chi connectivity index (χ4n) is 1.23. The molecule has 0 aliphatic carbocycles. The van der Waals surface area contributed by atoms with E-state index in [0.29, 0.717) is 12.5 Å². The van der Waals surface area contributed by atoms with E-state index in [1.54, 1.807) is 0 Å². The molecule has 0 spiro atoms. The molecule has 0 aromatic carbocycles. The lowest BCUT2D eigenvalue weighted by atomic mass is 10.1. The molecule has 2 aromatic rings. The average Bonchev–Trinajstić information content (AvgIpc) is 2.60. The zero-order valence-corrected chi connectivity index (χ0v) is 7.00. The van der Waals surface area contributed by atoms with Crippen molar-refractivity contribution in [3.05, 3.63) is 24.1 Å². The van der Waals surface area contributed by atoms with Gasteiger partial charge in [0, 0.05) is 24.0 Å². The Balaban J connectivity index is 2.44. The van der Waals surface area contributed by atoms with Crippen LogP contribution in [0, 0.1) is 0 Å². The van der Waals surface area contributed by atoms with E-state index in [4.69, 9.17) is 10.2 Å². The summed E-state index contributed by atoms with van der Waals surface area (Å²) in [7, 11) is 0. The van der Waals surface area contributed by atoms with Crippen molar-refractivity contribution in [3.63, 3.8) is 0 Å². The van der Waals surface area contributed by atoms with E-state index in [-0.39, 0.29) is 0 Å². The molecule has 3 N–H and O–H groups in total. The summed E-state index contributed by atoms with van der Waals surface area (Å²) in [4.78, 5) is 3.01. The van der Waals surface area contributed by atoms with Crippen LogP contribution < -0.4 is 5.73 Å². The first-order chi connectivity index (χ1) is 5.81. The second-order valence-corrected chi connectivity index (χ2v) is 3.05. The van der Waals surface area contributed by atoms with Crippen molar-refractivity contribution in [2.24, 2.45) is 5.73 Å². The normalized spacial score (nSPS) is 13.8. The summed E-state index contributed by atoms with van der Waals surface area (Å²) in [6.45, 7) is 2.67. The number of rotatable bonds is 2. The molecule has 0 amide bonds. The van der Waals surface area contributed by atoms with E-state index in [9.17, 15) is 0 Å². The van der Waals surface area contributed by atoms with E-state index in [1.807, 2.05) is 18.3 Å². The molecule has 2 heterocycles. The maximum absolute atomic E-state index is 5.53. The molecule has 0 bridgehead atoms. The van der Waals surface area contributed by atoms with Crippen molar-refractivity contribution < 1.29 is 4.42 Å². The lowest BCUT2D eigenvalue weighted by molar-refractivity contribution is 0.503. The highest BCUT2D eigenvalue weighted by Gasteiger charge is 2.09. The van der Waals surface area contributed by atoms with Crippen LogP contribution in [0.1, 0.15) is 18.6 Å². The molecular weight excluding hydrogens is 152 g/mol. The van der Waals surface area contributed by atoms with Crippen LogP contribution in [0.5, 0.6) is 0 Å². The molecule has 2 rings (SSSR count). The van der Waals surface area contributed by atoms with Crippen LogP contribution in [0.4, 0.5) is 0 Å². The number of furan rings is 1. The van der Waals surface area contributed by atoms with Crippen LogP contribution in [-0.2, 0) is 0 Å². The zero-order valence-electron chi connectivity index (χ0n) is 7.00. The van der Waals surface area contributed by atoms with Gasteiger partial charge in [0.05, 0.1) is 0 Å². The molecule has 0 saturated heterocycles. The Labute approximate surface area is 70.6 Å². The molecule has 0 radical (unpaired) electrons. The van der Waals surface area contributed by atoms with Crippen molar-refractivity contribution in [3.8, 4) is 0 Å². The molecule has 2 aromatic heterocycles. The minimum atomic E-state index is 0.297. The summed E-state index contributed by atoms with van der Waals surface area (Å²) in [5.41, 5.74) is 6.36. The highest BCUT2D eigenvalue weighted by atomic mass is 16.3. The van der Waals surface area contributed by atoms with Crippen molar-refractivity contribution in [1.29, 1.82) is 0 Å². The minimum absolute atomic E-state index is 0.297. The third kappa shape index (κ3) is 1.02. The first kappa shape index (κ1) is 7.43. The van der Waals surface area contributed by atoms with Gasteiger partial charge in [0.2, 0.25) is 5.71 Å². The number of aromatic nitrogens is 1. The van der Waals surface area contributed by atoms with Crippen LogP contribution in [0.3, 0.4) is 0 Å². The number of hydrogen-bond donors (Lipinski definition) is 2. The van der Waals surface area contributed by atoms with E-state index >= 15 is 0 Å². The highest BCUT2D eigenvalue weighted by molar-refractivity contribution is 5.74. The summed E-state index contributed by atoms with van der Waals surface area (Å²) in [6.07, 6.45) is 1.87. The van der Waals surface area contributed by atoms with Gasteiger partial charge < -0.3 is 15.1 Å². The Hall–Kier alpha value is -1.22. The van der Waals surface area contributed by atoms with Gasteiger partial charge in [-0.05, 0) is 12.1 Å². The second-order valence-electron chi connectivity index (χ2n) is 3.05. The zero-order chi connectivity index (χ0) is 8.55. The number of fused-ring (bicyclic) bond motifs is 1. The molecule has 1 atom stereocenters. The van der Waals surface area contributed by atoms with Crippen molar-refractivity contribution >= 4 is 11.1 Å². The average molecular weight is 164 g/mol. The van der Waals surface area contributed by atoms with E-state index in [0.717, 1.165) is 16.9 Å². The quantitative estimate of drug-likeness (QED) is 0.711. The van der Waals surface area contributed by atoms with Crippen LogP contribution in [0.25, 0.3) is 11.1 Å². The summed E-state index contributed by atoms with van der Waals surface area (Å²) >= 11 is 0. The summed E-state index contributed by atoms with van der Waals surface area (Å²) < 4.78 is 5.53. The predicted molar refractivity (Wildman–Crippen MR) is 48.0 cm³/mol. The standard InChI is InChI=1S/C9H12N2O/c1-6(5-10)8-4-7-2-3-11-9(7)12-8/h2-4,6,11H,5,10H2,1H3. The number of hydrogen-bond acceptors (Lipinski definition) is 2. The number of aromatic amines is 1. The number of H-pyrrole nitrogens is 1. The molecule has 12 heavy (non-hydrogen) atoms. The van der Waals surface area contributed by atoms with Gasteiger partial charge in [0.15, 0.2) is 0 Å². The van der Waals surface area contributed by atoms with Crippen LogP contribution in [0.15, 0.2) is 22.7 Å². The lowest BCUT2D eigenvalue weighted by Crippen LogP contribution is -2.07. The topological polar surface area (TPSA) is 55.0 Å². The van der Waals surface area contributed by atoms with Crippen LogP contribution in [-0.4, -0.2) is 11.5 Å². The van der Waals surface area contributed by atoms with Gasteiger partial charge in [-0.25, -0.2) is 0 Å². The van der Waals surface area contributed by atoms with Gasteiger partial charge in [-0.1, -0.05) is 6.92 Å². The Morgan fingerprint density at radius 2 is 2.50 bits per heavy atom. The molecule has 3 heteroatoms. The fraction of sp³-hybridized carbons (Fsp3) is 0.333. The maximum atomic E-state index is 5.53. The third-order valence-corrected chi connectivity index (χ3v) is 2.10. The Kier molecular flexibility index (Phi) is 1.66. The maximum Gasteiger partial charge on any atom is 0.204 e. The largest absolute Gasteiger partial charge is 0.444 e. The first-order valence-electron chi connectivity index (χ1n) is 4.08. The molecule has 0 saturated carbocycles. The highest BCUT2D eigenvalue weighted by Crippen LogP contribution is 2.23. The summed E-state index contributed by atoms with van der Waals surface area (Å²) in [5, 5.41) is 1.12. The third-order valence-electron chi connectivity index (χ3n) is 2.10. The molecule has 0 fully saturated rings. The SMILES string of the molecule is CC(CN)c1cc2cc[nH]c2o1. The van der Waals surface area contributed by atoms with Gasteiger partial charge >= 0.3 is 0 Å². The smallest absolute Gasteiger partial charge is 0.204 e. The number of nitrogens with one attached hydrogen (secondary N) is 1. The van der Waals surface area contributed by atoms with Crippen molar-refractivity contribution in [2.75, 3.05) is 6.54 Å². The minimum Gasteiger partial charge on any atom is -0.444 e. The molecule has 1 unspecified atom stereocenters. The Morgan fingerprint density at radius 1 is 1.67 bits per heavy atom. The summed E-state index contributed by atoms with van der Waals surface area (Å²) in [6, 6.07) is 4.02. The van der Waals surface area contributed by atoms with Gasteiger partial charge in [-0.2, -0.15) is 0 Å². The van der Waals surface area contributed by atoms with E-state index in [1.165, 1.54) is 0 Å². The van der Waals surface area contributed by atoms with Gasteiger partial charge in [0.25, 0.3) is 0 Å². The summed E-state index contributed by atoms with van der Waals surface area (Å²) in [5.74, 6) is 1.25. The second kappa shape index (κ2) is 2.68. The van der Waals surface area contributed by atoms with E-state index < -0.39 is 0 Å². The first-order valence-corrected chi connectivity index (χ1v) is 4.08. The fourth-order valence-corrected chi connectivity index (χ4v) is 1.23. The Morgan fingerprint density at radius 3 is 3.17 bits per heavy atom.